The van der Waals surface area contributed by atoms with Crippen molar-refractivity contribution in [2.75, 3.05) is 0 Å². The van der Waals surface area contributed by atoms with Crippen LogP contribution in [0, 0.1) is 43.8 Å². The summed E-state index contributed by atoms with van der Waals surface area (Å²) in [7, 11) is 0. The molecule has 0 saturated heterocycles. The van der Waals surface area contributed by atoms with Gasteiger partial charge in [0.15, 0.2) is 0 Å². The van der Waals surface area contributed by atoms with Crippen molar-refractivity contribution in [2.24, 2.45) is 0 Å². The summed E-state index contributed by atoms with van der Waals surface area (Å²) < 4.78 is 0. The van der Waals surface area contributed by atoms with Gasteiger partial charge in [0, 0.05) is 36.9 Å². The number of allylic oxidation sites excluding steroid dienone is 1. The van der Waals surface area contributed by atoms with Gasteiger partial charge >= 0.3 is 0 Å². The van der Waals surface area contributed by atoms with Gasteiger partial charge in [0.05, 0.1) is 0 Å². The minimum Gasteiger partial charge on any atom is -0.245 e. The summed E-state index contributed by atoms with van der Waals surface area (Å²) in [6, 6.07) is 0. The van der Waals surface area contributed by atoms with Crippen LogP contribution in [0.5, 0.6) is 0 Å². The molecule has 0 nitrogen and oxygen atoms in total. The zero-order valence-corrected chi connectivity index (χ0v) is 3.91. The molecule has 0 atom stereocenters. The molecule has 0 unspecified atom stereocenters. The first-order chi connectivity index (χ1) is 1.41. The summed E-state index contributed by atoms with van der Waals surface area (Å²) >= 11 is 0. The maximum atomic E-state index is 3.25. The Kier molecular flexibility index (Phi) is 20.2. The van der Waals surface area contributed by atoms with E-state index >= 15 is 0 Å². The summed E-state index contributed by atoms with van der Waals surface area (Å²) in [5.74, 6) is 0. The quantitative estimate of drug-likeness (QED) is 0.530. The normalized spacial score (nSPS) is 3.00. The second kappa shape index (κ2) is 9.14. The first-order valence-corrected chi connectivity index (χ1v) is 0.816. The zero-order valence-electron chi connectivity index (χ0n) is 2.25. The molecule has 0 amide bonds. The van der Waals surface area contributed by atoms with Gasteiger partial charge in [-0.1, -0.05) is 0 Å². The van der Waals surface area contributed by atoms with E-state index in [9.17, 15) is 0 Å². The van der Waals surface area contributed by atoms with Crippen molar-refractivity contribution in [3.63, 3.8) is 0 Å². The van der Waals surface area contributed by atoms with Crippen LogP contribution in [0.2, 0.25) is 0 Å². The van der Waals surface area contributed by atoms with Crippen LogP contribution in [-0.2, 0) is 0 Å². The van der Waals surface area contributed by atoms with Crippen LogP contribution in [-0.4, -0.2) is 0 Å². The van der Waals surface area contributed by atoms with Gasteiger partial charge in [0.1, 0.15) is 0 Å². The Morgan fingerprint density at radius 1 is 1.75 bits per heavy atom. The summed E-state index contributed by atoms with van der Waals surface area (Å²) in [6.45, 7) is 6.50. The van der Waals surface area contributed by atoms with Gasteiger partial charge in [0.2, 0.25) is 0 Å². The standard InChI is InChI=1S/C3H5.Lu/c1-3-2;/h3H,1-2H2;/q-1;. The SMILES string of the molecule is C=C[CH2-].[Lu]. The topological polar surface area (TPSA) is 0 Å². The van der Waals surface area contributed by atoms with Gasteiger partial charge in [-0.2, -0.15) is 0 Å². The van der Waals surface area contributed by atoms with Crippen LogP contribution in [0.1, 0.15) is 0 Å². The molecule has 0 fully saturated rings. The van der Waals surface area contributed by atoms with Crippen LogP contribution in [0.3, 0.4) is 0 Å². The molecule has 0 saturated carbocycles. The van der Waals surface area contributed by atoms with Gasteiger partial charge in [-0.15, -0.1) is 0 Å². The minimum absolute atomic E-state index is 0. The number of hydrogen-bond acceptors (Lipinski definition) is 0. The monoisotopic (exact) mass is 216 g/mol. The molecule has 0 aromatic carbocycles. The molecule has 0 aliphatic heterocycles. The Hall–Kier alpha value is 0.844. The summed E-state index contributed by atoms with van der Waals surface area (Å²) in [4.78, 5) is 0. The Morgan fingerprint density at radius 3 is 1.75 bits per heavy atom. The van der Waals surface area contributed by atoms with Gasteiger partial charge in [-0.3, -0.25) is 0 Å². The minimum atomic E-state index is 0. The predicted molar refractivity (Wildman–Crippen MR) is 15.6 cm³/mol. The fourth-order valence-electron chi connectivity index (χ4n) is 0. The van der Waals surface area contributed by atoms with Crippen molar-refractivity contribution in [2.45, 2.75) is 0 Å². The molecule has 0 aromatic rings. The number of rotatable bonds is 0. The fraction of sp³-hybridized carbons (Fsp3) is 0. The van der Waals surface area contributed by atoms with E-state index in [-0.39, 0.29) is 36.9 Å². The molecule has 0 aliphatic rings. The van der Waals surface area contributed by atoms with E-state index in [1.807, 2.05) is 0 Å². The molecule has 0 spiro atoms. The molecule has 0 aromatic heterocycles. The summed E-state index contributed by atoms with van der Waals surface area (Å²) in [6.07, 6.45) is 1.50. The zero-order chi connectivity index (χ0) is 2.71. The smallest absolute Gasteiger partial charge is 0 e. The van der Waals surface area contributed by atoms with Gasteiger partial charge < -0.3 is 0 Å². The Morgan fingerprint density at radius 2 is 1.75 bits per heavy atom. The third-order valence-electron chi connectivity index (χ3n) is 0. The Labute approximate surface area is 56.1 Å². The van der Waals surface area contributed by atoms with Crippen LogP contribution < -0.4 is 0 Å². The molecule has 0 heterocycles. The van der Waals surface area contributed by atoms with Crippen LogP contribution in [0.4, 0.5) is 0 Å². The maximum Gasteiger partial charge on any atom is 0 e. The molecule has 1 heteroatoms. The average Bonchev–Trinajstić information content (AvgIpc) is 0.918. The van der Waals surface area contributed by atoms with E-state index < -0.39 is 0 Å². The van der Waals surface area contributed by atoms with E-state index in [2.05, 4.69) is 13.5 Å². The van der Waals surface area contributed by atoms with Crippen LogP contribution in [0.15, 0.2) is 12.7 Å². The Bertz CT molecular complexity index is 10.8. The van der Waals surface area contributed by atoms with Crippen LogP contribution in [0.25, 0.3) is 0 Å². The van der Waals surface area contributed by atoms with E-state index in [1.165, 1.54) is 6.08 Å². The van der Waals surface area contributed by atoms with Crippen LogP contribution >= 0.6 is 0 Å². The number of hydrogen-bond donors (Lipinski definition) is 0. The average molecular weight is 216 g/mol. The summed E-state index contributed by atoms with van der Waals surface area (Å²) in [5.41, 5.74) is 0. The van der Waals surface area contributed by atoms with Crippen molar-refractivity contribution in [3.05, 3.63) is 19.6 Å². The first-order valence-electron chi connectivity index (χ1n) is 0.816. The molecule has 0 N–H and O–H groups in total. The fourth-order valence-corrected chi connectivity index (χ4v) is 0. The second-order valence-corrected chi connectivity index (χ2v) is 0.289. The van der Waals surface area contributed by atoms with Gasteiger partial charge in [0.25, 0.3) is 0 Å². The Balaban J connectivity index is 0. The third kappa shape index (κ3) is 13.6. The summed E-state index contributed by atoms with van der Waals surface area (Å²) in [5, 5.41) is 0. The van der Waals surface area contributed by atoms with Crippen molar-refractivity contribution < 1.29 is 36.9 Å². The molecule has 4 heavy (non-hydrogen) atoms. The van der Waals surface area contributed by atoms with Crippen molar-refractivity contribution in [1.82, 2.24) is 0 Å². The molecule has 1 radical (unpaired) electrons. The van der Waals surface area contributed by atoms with E-state index in [1.54, 1.807) is 0 Å². The molecule has 0 rings (SSSR count). The first kappa shape index (κ1) is 8.85. The van der Waals surface area contributed by atoms with Crippen molar-refractivity contribution >= 4 is 0 Å². The van der Waals surface area contributed by atoms with Gasteiger partial charge in [-0.05, 0) is 0 Å². The van der Waals surface area contributed by atoms with Gasteiger partial charge in [-0.25, -0.2) is 19.6 Å². The van der Waals surface area contributed by atoms with E-state index in [0.717, 1.165) is 0 Å². The predicted octanol–water partition coefficient (Wildman–Crippen LogP) is 1.01. The third-order valence-corrected chi connectivity index (χ3v) is 0. The van der Waals surface area contributed by atoms with Crippen molar-refractivity contribution in [3.8, 4) is 0 Å². The molecule has 0 aliphatic carbocycles. The molecular weight excluding hydrogens is 211 g/mol. The van der Waals surface area contributed by atoms with E-state index in [0.29, 0.717) is 0 Å². The largest absolute Gasteiger partial charge is 0.245 e. The molecule has 33 valence electrons. The maximum absolute atomic E-state index is 3.25. The molecule has 0 bridgehead atoms. The second-order valence-electron chi connectivity index (χ2n) is 0.289. The van der Waals surface area contributed by atoms with Crippen molar-refractivity contribution in [1.29, 1.82) is 0 Å². The van der Waals surface area contributed by atoms with E-state index in [4.69, 9.17) is 0 Å². The molecular formula is C3H5Lu-.